The summed E-state index contributed by atoms with van der Waals surface area (Å²) >= 11 is 0. The second-order valence-electron chi connectivity index (χ2n) is 14.5. The molecule has 53 heavy (non-hydrogen) atoms. The summed E-state index contributed by atoms with van der Waals surface area (Å²) in [5.41, 5.74) is 15.1. The van der Waals surface area contributed by atoms with Gasteiger partial charge >= 0.3 is 0 Å². The van der Waals surface area contributed by atoms with Crippen molar-refractivity contribution >= 4 is 21.5 Å². The molecule has 0 spiro atoms. The third kappa shape index (κ3) is 5.02. The predicted molar refractivity (Wildman–Crippen MR) is 222 cm³/mol. The molecular formula is C51H36N2. The number of benzene rings is 8. The summed E-state index contributed by atoms with van der Waals surface area (Å²) in [5.74, 6) is 0.707. The smallest absolute Gasteiger partial charge is 0.160 e. The van der Waals surface area contributed by atoms with E-state index >= 15 is 0 Å². The van der Waals surface area contributed by atoms with Gasteiger partial charge in [-0.05, 0) is 72.1 Å². The molecule has 0 atom stereocenters. The van der Waals surface area contributed by atoms with E-state index in [9.17, 15) is 0 Å². The number of aromatic nitrogens is 2. The first-order chi connectivity index (χ1) is 26.1. The van der Waals surface area contributed by atoms with Crippen molar-refractivity contribution in [2.75, 3.05) is 0 Å². The molecule has 0 fully saturated rings. The SMILES string of the molecule is CC1(C)c2ccccc2-c2c(-c3ccc(-c4cc(-c5ccccc5-c5cccc6ccccc56)nc(-c5ccccc5)n4)c4ccccc34)cccc21. The summed E-state index contributed by atoms with van der Waals surface area (Å²) in [4.78, 5) is 10.6. The van der Waals surface area contributed by atoms with Gasteiger partial charge in [-0.1, -0.05) is 190 Å². The van der Waals surface area contributed by atoms with Gasteiger partial charge in [0.05, 0.1) is 11.4 Å². The highest BCUT2D eigenvalue weighted by atomic mass is 14.9. The lowest BCUT2D eigenvalue weighted by Gasteiger charge is -2.22. The van der Waals surface area contributed by atoms with Crippen LogP contribution in [0.15, 0.2) is 182 Å². The van der Waals surface area contributed by atoms with Gasteiger partial charge in [0.2, 0.25) is 0 Å². The molecule has 0 aliphatic heterocycles. The summed E-state index contributed by atoms with van der Waals surface area (Å²) in [6.45, 7) is 4.69. The summed E-state index contributed by atoms with van der Waals surface area (Å²) in [5, 5.41) is 4.81. The highest BCUT2D eigenvalue weighted by Crippen LogP contribution is 2.53. The van der Waals surface area contributed by atoms with Gasteiger partial charge in [-0.15, -0.1) is 0 Å². The first kappa shape index (κ1) is 31.1. The van der Waals surface area contributed by atoms with Crippen LogP contribution >= 0.6 is 0 Å². The van der Waals surface area contributed by atoms with Crippen LogP contribution in [0.3, 0.4) is 0 Å². The van der Waals surface area contributed by atoms with E-state index in [0.717, 1.165) is 33.6 Å². The normalized spacial score (nSPS) is 12.9. The molecule has 9 aromatic rings. The third-order valence-corrected chi connectivity index (χ3v) is 11.1. The molecule has 0 bridgehead atoms. The fourth-order valence-electron chi connectivity index (χ4n) is 8.58. The number of hydrogen-bond donors (Lipinski definition) is 0. The zero-order valence-corrected chi connectivity index (χ0v) is 29.7. The number of fused-ring (bicyclic) bond motifs is 5. The second-order valence-corrected chi connectivity index (χ2v) is 14.5. The summed E-state index contributed by atoms with van der Waals surface area (Å²) < 4.78 is 0. The van der Waals surface area contributed by atoms with Crippen LogP contribution in [0.4, 0.5) is 0 Å². The molecule has 0 N–H and O–H groups in total. The molecule has 0 amide bonds. The van der Waals surface area contributed by atoms with Crippen molar-refractivity contribution < 1.29 is 0 Å². The Hall–Kier alpha value is -6.64. The lowest BCUT2D eigenvalue weighted by Crippen LogP contribution is -2.14. The van der Waals surface area contributed by atoms with Crippen molar-refractivity contribution in [2.45, 2.75) is 19.3 Å². The average Bonchev–Trinajstić information content (AvgIpc) is 3.46. The maximum atomic E-state index is 5.30. The molecule has 1 aliphatic rings. The van der Waals surface area contributed by atoms with E-state index in [1.807, 2.05) is 6.07 Å². The standard InChI is InChI=1S/C51H36N2/c1-51(2)45-28-13-12-25-44(45)49-43(27-15-29-46(49)51)40-30-31-42(39-23-9-8-21-37(39)40)48-32-47(52-50(53-48)34-17-4-3-5-18-34)41-24-11-10-22-38(41)36-26-14-19-33-16-6-7-20-35(33)36/h3-32H,1-2H3. The van der Waals surface area contributed by atoms with Crippen molar-refractivity contribution in [2.24, 2.45) is 0 Å². The van der Waals surface area contributed by atoms with Crippen molar-refractivity contribution in [1.29, 1.82) is 0 Å². The Morgan fingerprint density at radius 3 is 1.68 bits per heavy atom. The molecule has 0 radical (unpaired) electrons. The van der Waals surface area contributed by atoms with Crippen molar-refractivity contribution in [3.05, 3.63) is 193 Å². The summed E-state index contributed by atoms with van der Waals surface area (Å²) in [7, 11) is 0. The predicted octanol–water partition coefficient (Wildman–Crippen LogP) is 13.4. The molecule has 0 saturated carbocycles. The van der Waals surface area contributed by atoms with Crippen LogP contribution in [0.25, 0.3) is 88.8 Å². The average molecular weight is 677 g/mol. The fourth-order valence-corrected chi connectivity index (χ4v) is 8.58. The van der Waals surface area contributed by atoms with E-state index in [4.69, 9.17) is 9.97 Å². The Morgan fingerprint density at radius 1 is 0.358 bits per heavy atom. The lowest BCUT2D eigenvalue weighted by atomic mass is 9.81. The van der Waals surface area contributed by atoms with Gasteiger partial charge < -0.3 is 0 Å². The van der Waals surface area contributed by atoms with E-state index in [0.29, 0.717) is 5.82 Å². The maximum absolute atomic E-state index is 5.30. The number of rotatable bonds is 5. The molecule has 2 nitrogen and oxygen atoms in total. The minimum Gasteiger partial charge on any atom is -0.228 e. The first-order valence-electron chi connectivity index (χ1n) is 18.3. The van der Waals surface area contributed by atoms with Crippen molar-refractivity contribution in [3.63, 3.8) is 0 Å². The van der Waals surface area contributed by atoms with Crippen molar-refractivity contribution in [3.8, 4) is 67.3 Å². The Balaban J connectivity index is 1.19. The van der Waals surface area contributed by atoms with Crippen LogP contribution in [-0.2, 0) is 5.41 Å². The molecule has 0 unspecified atom stereocenters. The van der Waals surface area contributed by atoms with Gasteiger partial charge in [0.15, 0.2) is 5.82 Å². The quantitative estimate of drug-likeness (QED) is 0.181. The molecule has 250 valence electrons. The highest BCUT2D eigenvalue weighted by molar-refractivity contribution is 6.08. The van der Waals surface area contributed by atoms with E-state index in [2.05, 4.69) is 190 Å². The van der Waals surface area contributed by atoms with Crippen LogP contribution in [0, 0.1) is 0 Å². The fraction of sp³-hybridized carbons (Fsp3) is 0.0588. The molecule has 1 aromatic heterocycles. The minimum atomic E-state index is -0.0643. The van der Waals surface area contributed by atoms with Gasteiger partial charge in [-0.25, -0.2) is 9.97 Å². The molecule has 10 rings (SSSR count). The molecular weight excluding hydrogens is 641 g/mol. The van der Waals surface area contributed by atoms with E-state index in [1.165, 1.54) is 60.5 Å². The van der Waals surface area contributed by atoms with Crippen LogP contribution in [-0.4, -0.2) is 9.97 Å². The van der Waals surface area contributed by atoms with Gasteiger partial charge in [0.25, 0.3) is 0 Å². The molecule has 1 aliphatic carbocycles. The Morgan fingerprint density at radius 2 is 0.868 bits per heavy atom. The van der Waals surface area contributed by atoms with Gasteiger partial charge in [0.1, 0.15) is 0 Å². The molecule has 8 aromatic carbocycles. The van der Waals surface area contributed by atoms with E-state index in [1.54, 1.807) is 0 Å². The number of hydrogen-bond acceptors (Lipinski definition) is 2. The van der Waals surface area contributed by atoms with Gasteiger partial charge in [-0.3, -0.25) is 0 Å². The molecule has 0 saturated heterocycles. The Labute approximate surface area is 310 Å². The molecule has 1 heterocycles. The zero-order chi connectivity index (χ0) is 35.5. The second kappa shape index (κ2) is 12.3. The minimum absolute atomic E-state index is 0.0643. The van der Waals surface area contributed by atoms with Crippen LogP contribution in [0.5, 0.6) is 0 Å². The lowest BCUT2D eigenvalue weighted by molar-refractivity contribution is 0.660. The highest BCUT2D eigenvalue weighted by Gasteiger charge is 2.36. The van der Waals surface area contributed by atoms with Crippen molar-refractivity contribution in [1.82, 2.24) is 9.97 Å². The number of nitrogens with zero attached hydrogens (tertiary/aromatic N) is 2. The molecule has 2 heteroatoms. The largest absolute Gasteiger partial charge is 0.228 e. The summed E-state index contributed by atoms with van der Waals surface area (Å²) in [6.07, 6.45) is 0. The maximum Gasteiger partial charge on any atom is 0.160 e. The van der Waals surface area contributed by atoms with Gasteiger partial charge in [-0.2, -0.15) is 0 Å². The van der Waals surface area contributed by atoms with Crippen LogP contribution in [0.1, 0.15) is 25.0 Å². The Bertz CT molecular complexity index is 2860. The zero-order valence-electron chi connectivity index (χ0n) is 29.7. The van der Waals surface area contributed by atoms with Crippen LogP contribution in [0.2, 0.25) is 0 Å². The summed E-state index contributed by atoms with van der Waals surface area (Å²) in [6, 6.07) is 65.3. The topological polar surface area (TPSA) is 25.8 Å². The monoisotopic (exact) mass is 676 g/mol. The third-order valence-electron chi connectivity index (χ3n) is 11.1. The first-order valence-corrected chi connectivity index (χ1v) is 18.3. The van der Waals surface area contributed by atoms with Gasteiger partial charge in [0, 0.05) is 22.1 Å². The van der Waals surface area contributed by atoms with E-state index in [-0.39, 0.29) is 5.41 Å². The van der Waals surface area contributed by atoms with E-state index < -0.39 is 0 Å². The Kier molecular flexibility index (Phi) is 7.19. The van der Waals surface area contributed by atoms with Crippen LogP contribution < -0.4 is 0 Å².